The van der Waals surface area contributed by atoms with E-state index < -0.39 is 4.33 Å². The molecule has 1 atom stereocenters. The molecular weight excluding hydrogens is 309 g/mol. The zero-order valence-corrected chi connectivity index (χ0v) is 13.3. The smallest absolute Gasteiger partial charge is 0.340 e. The van der Waals surface area contributed by atoms with Crippen molar-refractivity contribution in [1.29, 1.82) is 0 Å². The SMILES string of the molecule is Cc1nc2ccccc2c(C)c1C(=O)OCC1CC1(Cl)Cl. The van der Waals surface area contributed by atoms with Crippen molar-refractivity contribution in [2.24, 2.45) is 5.92 Å². The van der Waals surface area contributed by atoms with Crippen LogP contribution in [0.3, 0.4) is 0 Å². The summed E-state index contributed by atoms with van der Waals surface area (Å²) < 4.78 is 4.62. The van der Waals surface area contributed by atoms with Gasteiger partial charge in [-0.2, -0.15) is 0 Å². The number of ether oxygens (including phenoxy) is 1. The fourth-order valence-electron chi connectivity index (χ4n) is 2.53. The highest BCUT2D eigenvalue weighted by molar-refractivity contribution is 6.50. The van der Waals surface area contributed by atoms with E-state index in [2.05, 4.69) is 4.98 Å². The van der Waals surface area contributed by atoms with Crippen LogP contribution in [0.5, 0.6) is 0 Å². The van der Waals surface area contributed by atoms with E-state index in [1.54, 1.807) is 0 Å². The Morgan fingerprint density at radius 1 is 1.38 bits per heavy atom. The van der Waals surface area contributed by atoms with Crippen molar-refractivity contribution in [3.05, 3.63) is 41.1 Å². The van der Waals surface area contributed by atoms with Crippen LogP contribution >= 0.6 is 23.2 Å². The first-order valence-corrected chi connectivity index (χ1v) is 7.56. The molecule has 1 saturated carbocycles. The second kappa shape index (κ2) is 5.15. The van der Waals surface area contributed by atoms with Gasteiger partial charge in [0.1, 0.15) is 4.33 Å². The molecule has 0 amide bonds. The highest BCUT2D eigenvalue weighted by atomic mass is 35.5. The summed E-state index contributed by atoms with van der Waals surface area (Å²) in [6.45, 7) is 3.98. The van der Waals surface area contributed by atoms with Gasteiger partial charge in [-0.1, -0.05) is 18.2 Å². The lowest BCUT2D eigenvalue weighted by Gasteiger charge is -2.12. The van der Waals surface area contributed by atoms with Gasteiger partial charge in [0.25, 0.3) is 0 Å². The molecule has 0 aliphatic heterocycles. The third kappa shape index (κ3) is 2.72. The minimum absolute atomic E-state index is 0.0267. The number of rotatable bonds is 3. The second-order valence-corrected chi connectivity index (χ2v) is 7.02. The maximum Gasteiger partial charge on any atom is 0.340 e. The predicted molar refractivity (Wildman–Crippen MR) is 84.0 cm³/mol. The highest BCUT2D eigenvalue weighted by Gasteiger charge is 2.52. The number of benzene rings is 1. The highest BCUT2D eigenvalue weighted by Crippen LogP contribution is 2.53. The molecule has 5 heteroatoms. The number of para-hydroxylation sites is 1. The van der Waals surface area contributed by atoms with E-state index in [0.717, 1.165) is 16.5 Å². The fraction of sp³-hybridized carbons (Fsp3) is 0.375. The summed E-state index contributed by atoms with van der Waals surface area (Å²) in [4.78, 5) is 16.8. The maximum atomic E-state index is 12.3. The van der Waals surface area contributed by atoms with Crippen molar-refractivity contribution in [2.75, 3.05) is 6.61 Å². The van der Waals surface area contributed by atoms with Crippen LogP contribution in [-0.2, 0) is 4.74 Å². The molecule has 1 fully saturated rings. The number of nitrogens with zero attached hydrogens (tertiary/aromatic N) is 1. The zero-order valence-electron chi connectivity index (χ0n) is 11.8. The number of aryl methyl sites for hydroxylation is 2. The topological polar surface area (TPSA) is 39.2 Å². The number of fused-ring (bicyclic) bond motifs is 1. The first-order valence-electron chi connectivity index (χ1n) is 6.81. The van der Waals surface area contributed by atoms with Crippen molar-refractivity contribution in [1.82, 2.24) is 4.98 Å². The molecule has 1 aromatic carbocycles. The lowest BCUT2D eigenvalue weighted by molar-refractivity contribution is 0.0483. The third-order valence-electron chi connectivity index (χ3n) is 3.91. The quantitative estimate of drug-likeness (QED) is 0.627. The molecule has 21 heavy (non-hydrogen) atoms. The van der Waals surface area contributed by atoms with Crippen molar-refractivity contribution in [3.63, 3.8) is 0 Å². The number of carbonyl (C=O) groups is 1. The van der Waals surface area contributed by atoms with Crippen molar-refractivity contribution < 1.29 is 9.53 Å². The van der Waals surface area contributed by atoms with Crippen molar-refractivity contribution in [3.8, 4) is 0 Å². The molecule has 1 unspecified atom stereocenters. The summed E-state index contributed by atoms with van der Waals surface area (Å²) >= 11 is 11.9. The summed E-state index contributed by atoms with van der Waals surface area (Å²) in [7, 11) is 0. The first-order chi connectivity index (χ1) is 9.90. The van der Waals surface area contributed by atoms with Gasteiger partial charge in [-0.05, 0) is 31.9 Å². The Kier molecular flexibility index (Phi) is 3.58. The Balaban J connectivity index is 1.87. The lowest BCUT2D eigenvalue weighted by atomic mass is 10.0. The number of carbonyl (C=O) groups excluding carboxylic acids is 1. The van der Waals surface area contributed by atoms with Crippen molar-refractivity contribution >= 4 is 40.1 Å². The Morgan fingerprint density at radius 3 is 2.71 bits per heavy atom. The molecule has 1 aliphatic rings. The van der Waals surface area contributed by atoms with Crippen LogP contribution in [0.15, 0.2) is 24.3 Å². The summed E-state index contributed by atoms with van der Waals surface area (Å²) in [5.74, 6) is -0.335. The number of pyridine rings is 1. The normalized spacial score (nSPS) is 19.5. The van der Waals surface area contributed by atoms with Gasteiger partial charge in [-0.15, -0.1) is 23.2 Å². The molecule has 3 rings (SSSR count). The van der Waals surface area contributed by atoms with E-state index in [1.165, 1.54) is 0 Å². The minimum atomic E-state index is -0.730. The molecule has 0 spiro atoms. The summed E-state index contributed by atoms with van der Waals surface area (Å²) in [6, 6.07) is 7.75. The van der Waals surface area contributed by atoms with Crippen LogP contribution < -0.4 is 0 Å². The average Bonchev–Trinajstić information content (AvgIpc) is 3.04. The number of esters is 1. The maximum absolute atomic E-state index is 12.3. The third-order valence-corrected chi connectivity index (χ3v) is 4.83. The summed E-state index contributed by atoms with van der Waals surface area (Å²) in [5.41, 5.74) is 2.98. The average molecular weight is 324 g/mol. The van der Waals surface area contributed by atoms with Gasteiger partial charge < -0.3 is 4.74 Å². The molecule has 0 saturated heterocycles. The largest absolute Gasteiger partial charge is 0.462 e. The molecule has 1 aliphatic carbocycles. The number of aromatic nitrogens is 1. The number of halogens is 2. The number of alkyl halides is 2. The van der Waals surface area contributed by atoms with E-state index in [-0.39, 0.29) is 18.5 Å². The van der Waals surface area contributed by atoms with Gasteiger partial charge in [0.2, 0.25) is 0 Å². The van der Waals surface area contributed by atoms with E-state index in [9.17, 15) is 4.79 Å². The van der Waals surface area contributed by atoms with Gasteiger partial charge in [0, 0.05) is 11.3 Å². The second-order valence-electron chi connectivity index (χ2n) is 5.47. The standard InChI is InChI=1S/C16H15Cl2NO2/c1-9-12-5-3-4-6-13(12)19-10(2)14(9)15(20)21-8-11-7-16(11,17)18/h3-6,11H,7-8H2,1-2H3. The molecule has 110 valence electrons. The molecule has 1 aromatic heterocycles. The first kappa shape index (κ1) is 14.6. The molecule has 0 bridgehead atoms. The Morgan fingerprint density at radius 2 is 2.05 bits per heavy atom. The molecule has 0 N–H and O–H groups in total. The monoisotopic (exact) mass is 323 g/mol. The van der Waals surface area contributed by atoms with Crippen LogP contribution in [0.25, 0.3) is 10.9 Å². The molecular formula is C16H15Cl2NO2. The molecule has 0 radical (unpaired) electrons. The number of hydrogen-bond donors (Lipinski definition) is 0. The van der Waals surface area contributed by atoms with E-state index in [1.807, 2.05) is 38.1 Å². The van der Waals surface area contributed by atoms with Crippen molar-refractivity contribution in [2.45, 2.75) is 24.6 Å². The zero-order chi connectivity index (χ0) is 15.2. The Bertz CT molecular complexity index is 728. The van der Waals surface area contributed by atoms with E-state index in [4.69, 9.17) is 27.9 Å². The fourth-order valence-corrected chi connectivity index (χ4v) is 3.03. The Labute approximate surface area is 133 Å². The van der Waals surface area contributed by atoms with Gasteiger partial charge in [0.05, 0.1) is 23.4 Å². The molecule has 3 nitrogen and oxygen atoms in total. The summed E-state index contributed by atoms with van der Waals surface area (Å²) in [6.07, 6.45) is 0.664. The van der Waals surface area contributed by atoms with Gasteiger partial charge >= 0.3 is 5.97 Å². The number of hydrogen-bond acceptors (Lipinski definition) is 3. The van der Waals surface area contributed by atoms with Crippen LogP contribution in [0.4, 0.5) is 0 Å². The molecule has 2 aromatic rings. The predicted octanol–water partition coefficient (Wildman–Crippen LogP) is 4.20. The van der Waals surface area contributed by atoms with Gasteiger partial charge in [0.15, 0.2) is 0 Å². The molecule has 1 heterocycles. The lowest BCUT2D eigenvalue weighted by Crippen LogP contribution is -2.13. The van der Waals surface area contributed by atoms with E-state index >= 15 is 0 Å². The van der Waals surface area contributed by atoms with Gasteiger partial charge in [-0.25, -0.2) is 4.79 Å². The van der Waals surface area contributed by atoms with Crippen LogP contribution in [-0.4, -0.2) is 21.9 Å². The van der Waals surface area contributed by atoms with Crippen LogP contribution in [0.1, 0.15) is 28.0 Å². The summed E-state index contributed by atoms with van der Waals surface area (Å²) in [5, 5.41) is 0.963. The Hall–Kier alpha value is -1.32. The minimum Gasteiger partial charge on any atom is -0.462 e. The van der Waals surface area contributed by atoms with Crippen LogP contribution in [0.2, 0.25) is 0 Å². The van der Waals surface area contributed by atoms with Gasteiger partial charge in [-0.3, -0.25) is 4.98 Å². The van der Waals surface area contributed by atoms with Crippen LogP contribution in [0, 0.1) is 19.8 Å². The van der Waals surface area contributed by atoms with E-state index in [0.29, 0.717) is 17.7 Å².